The summed E-state index contributed by atoms with van der Waals surface area (Å²) >= 11 is 0. The summed E-state index contributed by atoms with van der Waals surface area (Å²) in [6, 6.07) is 0. The van der Waals surface area contributed by atoms with Gasteiger partial charge in [0.05, 0.1) is 26.4 Å². The Bertz CT molecular complexity index is 1500. The van der Waals surface area contributed by atoms with Crippen LogP contribution in [0, 0.1) is 5.92 Å². The highest BCUT2D eigenvalue weighted by Crippen LogP contribution is 2.45. The number of rotatable bonds is 57. The predicted octanol–water partition coefficient (Wildman–Crippen LogP) is 15.1. The van der Waals surface area contributed by atoms with E-state index in [2.05, 4.69) is 34.6 Å². The third-order valence-corrected chi connectivity index (χ3v) is 14.9. The zero-order valence-electron chi connectivity index (χ0n) is 48.4. The van der Waals surface area contributed by atoms with Crippen LogP contribution in [0.25, 0.3) is 0 Å². The number of ether oxygens (including phenoxy) is 4. The van der Waals surface area contributed by atoms with Crippen LogP contribution in [0.15, 0.2) is 0 Å². The van der Waals surface area contributed by atoms with Crippen molar-refractivity contribution in [2.45, 2.75) is 297 Å². The fourth-order valence-corrected chi connectivity index (χ4v) is 9.92. The maximum atomic E-state index is 12.9. The second-order valence-electron chi connectivity index (χ2n) is 21.2. The van der Waals surface area contributed by atoms with Crippen LogP contribution >= 0.6 is 15.6 Å². The number of hydrogen-bond donors (Lipinski definition) is 3. The third kappa shape index (κ3) is 51.5. The molecule has 0 spiro atoms. The van der Waals surface area contributed by atoms with Gasteiger partial charge in [0.1, 0.15) is 19.3 Å². The van der Waals surface area contributed by atoms with Crippen molar-refractivity contribution in [2.75, 3.05) is 39.6 Å². The molecule has 450 valence electrons. The molecule has 0 radical (unpaired) electrons. The minimum Gasteiger partial charge on any atom is -0.462 e. The molecule has 0 saturated heterocycles. The maximum absolute atomic E-state index is 12.9. The Morgan fingerprint density at radius 2 is 0.605 bits per heavy atom. The molecule has 0 aromatic rings. The van der Waals surface area contributed by atoms with Crippen LogP contribution in [0.5, 0.6) is 0 Å². The SMILES string of the molecule is CCCCCCCCCCCC(=O)OC[C@H](COP(=O)(O)OC[C@@H](O)COP(=O)(O)OC[C@@H](COC(=O)CCCCCCC)OC(=O)CCCCCCCCC)OC(=O)CCCCCCCCCCCCCCC(C)C. The highest BCUT2D eigenvalue weighted by Gasteiger charge is 2.30. The van der Waals surface area contributed by atoms with E-state index in [9.17, 15) is 43.2 Å². The van der Waals surface area contributed by atoms with E-state index in [0.29, 0.717) is 25.7 Å². The summed E-state index contributed by atoms with van der Waals surface area (Å²) in [6.07, 6.45) is 32.6. The van der Waals surface area contributed by atoms with E-state index in [0.717, 1.165) is 115 Å². The highest BCUT2D eigenvalue weighted by atomic mass is 31.2. The van der Waals surface area contributed by atoms with E-state index >= 15 is 0 Å². The molecule has 2 unspecified atom stereocenters. The summed E-state index contributed by atoms with van der Waals surface area (Å²) in [7, 11) is -9.86. The molecule has 3 N–H and O–H groups in total. The monoisotopic (exact) mass is 1130 g/mol. The standard InChI is InChI=1S/C57H110O17P2/c1-6-9-12-15-17-22-27-31-36-41-55(60)68-47-53(74-57(62)43-38-33-28-24-21-19-18-20-23-26-30-34-39-50(4)5)49-72-76(65,66)70-45-51(58)44-69-75(63,64)71-48-52(46-67-54(59)40-35-29-14-11-8-3)73-56(61)42-37-32-25-16-13-10-7-2/h50-53,58H,6-49H2,1-5H3,(H,63,64)(H,65,66)/t51-,52+,53+/m0/s1. The molecule has 0 aliphatic rings. The number of aliphatic hydroxyl groups excluding tert-OH is 1. The van der Waals surface area contributed by atoms with Crippen LogP contribution in [0.2, 0.25) is 0 Å². The minimum atomic E-state index is -4.93. The van der Waals surface area contributed by atoms with Crippen LogP contribution in [0.3, 0.4) is 0 Å². The lowest BCUT2D eigenvalue weighted by molar-refractivity contribution is -0.161. The average molecular weight is 1130 g/mol. The minimum absolute atomic E-state index is 0.103. The molecule has 0 aliphatic carbocycles. The molecular weight excluding hydrogens is 1020 g/mol. The van der Waals surface area contributed by atoms with Gasteiger partial charge in [0.15, 0.2) is 12.2 Å². The first kappa shape index (κ1) is 74.1. The van der Waals surface area contributed by atoms with Crippen LogP contribution < -0.4 is 0 Å². The van der Waals surface area contributed by atoms with Gasteiger partial charge in [0, 0.05) is 25.7 Å². The van der Waals surface area contributed by atoms with Gasteiger partial charge < -0.3 is 33.8 Å². The first-order valence-electron chi connectivity index (χ1n) is 30.1. The van der Waals surface area contributed by atoms with E-state index in [1.807, 2.05) is 0 Å². The number of phosphoric acid groups is 2. The summed E-state index contributed by atoms with van der Waals surface area (Å²) in [4.78, 5) is 71.5. The first-order valence-corrected chi connectivity index (χ1v) is 33.1. The van der Waals surface area contributed by atoms with Crippen LogP contribution in [0.4, 0.5) is 0 Å². The Morgan fingerprint density at radius 3 is 0.895 bits per heavy atom. The van der Waals surface area contributed by atoms with Crippen molar-refractivity contribution in [1.29, 1.82) is 0 Å². The molecule has 19 heteroatoms. The van der Waals surface area contributed by atoms with E-state index in [1.54, 1.807) is 0 Å². The van der Waals surface area contributed by atoms with Crippen molar-refractivity contribution in [3.05, 3.63) is 0 Å². The second-order valence-corrected chi connectivity index (χ2v) is 24.1. The van der Waals surface area contributed by atoms with Crippen molar-refractivity contribution in [2.24, 2.45) is 5.92 Å². The molecule has 0 aromatic heterocycles. The lowest BCUT2D eigenvalue weighted by atomic mass is 10.0. The largest absolute Gasteiger partial charge is 0.472 e. The number of aliphatic hydroxyl groups is 1. The van der Waals surface area contributed by atoms with Crippen LogP contribution in [0.1, 0.15) is 279 Å². The van der Waals surface area contributed by atoms with E-state index in [1.165, 1.54) is 83.5 Å². The number of carbonyl (C=O) groups is 4. The molecule has 5 atom stereocenters. The number of phosphoric ester groups is 2. The van der Waals surface area contributed by atoms with Gasteiger partial charge in [-0.2, -0.15) is 0 Å². The zero-order chi connectivity index (χ0) is 56.4. The molecule has 0 aliphatic heterocycles. The van der Waals surface area contributed by atoms with Gasteiger partial charge in [-0.05, 0) is 31.6 Å². The number of esters is 4. The zero-order valence-corrected chi connectivity index (χ0v) is 50.2. The Kier molecular flexibility index (Phi) is 49.9. The Morgan fingerprint density at radius 1 is 0.355 bits per heavy atom. The van der Waals surface area contributed by atoms with Crippen molar-refractivity contribution >= 4 is 39.5 Å². The molecule has 0 fully saturated rings. The van der Waals surface area contributed by atoms with Gasteiger partial charge in [-0.3, -0.25) is 37.3 Å². The molecule has 0 amide bonds. The van der Waals surface area contributed by atoms with E-state index in [4.69, 9.17) is 37.0 Å². The number of carbonyl (C=O) groups excluding carboxylic acids is 4. The summed E-state index contributed by atoms with van der Waals surface area (Å²) < 4.78 is 67.4. The Balaban J connectivity index is 5.14. The van der Waals surface area contributed by atoms with Gasteiger partial charge in [0.2, 0.25) is 0 Å². The van der Waals surface area contributed by atoms with Gasteiger partial charge in [0.25, 0.3) is 0 Å². The lowest BCUT2D eigenvalue weighted by Gasteiger charge is -2.21. The number of hydrogen-bond acceptors (Lipinski definition) is 15. The highest BCUT2D eigenvalue weighted by molar-refractivity contribution is 7.47. The summed E-state index contributed by atoms with van der Waals surface area (Å²) in [6.45, 7) is 7.00. The molecule has 17 nitrogen and oxygen atoms in total. The van der Waals surface area contributed by atoms with Crippen molar-refractivity contribution in [3.63, 3.8) is 0 Å². The fraction of sp³-hybridized carbons (Fsp3) is 0.930. The van der Waals surface area contributed by atoms with Crippen molar-refractivity contribution < 1.29 is 80.2 Å². The Labute approximate surface area is 460 Å². The predicted molar refractivity (Wildman–Crippen MR) is 298 cm³/mol. The molecule has 0 bridgehead atoms. The quantitative estimate of drug-likeness (QED) is 0.0222. The smallest absolute Gasteiger partial charge is 0.462 e. The molecule has 0 heterocycles. The number of unbranched alkanes of at least 4 members (excludes halogenated alkanes) is 29. The lowest BCUT2D eigenvalue weighted by Crippen LogP contribution is -2.30. The topological polar surface area (TPSA) is 237 Å². The second kappa shape index (κ2) is 51.2. The van der Waals surface area contributed by atoms with Crippen molar-refractivity contribution in [1.82, 2.24) is 0 Å². The molecular formula is C57H110O17P2. The summed E-state index contributed by atoms with van der Waals surface area (Å²) in [5.41, 5.74) is 0. The third-order valence-electron chi connectivity index (χ3n) is 13.0. The van der Waals surface area contributed by atoms with Gasteiger partial charge in [-0.1, -0.05) is 227 Å². The van der Waals surface area contributed by atoms with Gasteiger partial charge in [-0.25, -0.2) is 9.13 Å². The summed E-state index contributed by atoms with van der Waals surface area (Å²) in [5.74, 6) is -1.38. The normalized spacial score (nSPS) is 14.4. The van der Waals surface area contributed by atoms with Crippen LogP contribution in [-0.4, -0.2) is 96.7 Å². The molecule has 0 saturated carbocycles. The first-order chi connectivity index (χ1) is 36.5. The van der Waals surface area contributed by atoms with Gasteiger partial charge in [-0.15, -0.1) is 0 Å². The molecule has 0 aromatic carbocycles. The fourth-order valence-electron chi connectivity index (χ4n) is 8.34. The van der Waals surface area contributed by atoms with Crippen molar-refractivity contribution in [3.8, 4) is 0 Å². The van der Waals surface area contributed by atoms with Crippen LogP contribution in [-0.2, 0) is 65.4 Å². The molecule has 76 heavy (non-hydrogen) atoms. The van der Waals surface area contributed by atoms with E-state index < -0.39 is 97.5 Å². The Hall–Kier alpha value is -1.94. The van der Waals surface area contributed by atoms with E-state index in [-0.39, 0.29) is 25.7 Å². The maximum Gasteiger partial charge on any atom is 0.472 e. The summed E-state index contributed by atoms with van der Waals surface area (Å²) in [5, 5.41) is 10.5. The van der Waals surface area contributed by atoms with Gasteiger partial charge >= 0.3 is 39.5 Å². The average Bonchev–Trinajstić information content (AvgIpc) is 3.38. The molecule has 0 rings (SSSR count).